The molecule has 0 bridgehead atoms. The highest BCUT2D eigenvalue weighted by Gasteiger charge is 2.29. The van der Waals surface area contributed by atoms with E-state index >= 15 is 0 Å². The second-order valence-electron chi connectivity index (χ2n) is 8.01. The number of carbonyl (C=O) groups is 2. The van der Waals surface area contributed by atoms with E-state index in [1.165, 1.54) is 12.1 Å². The van der Waals surface area contributed by atoms with Crippen LogP contribution in [0.5, 0.6) is 5.75 Å². The number of morpholine rings is 1. The largest absolute Gasteiger partial charge is 0.484 e. The minimum absolute atomic E-state index is 0.0240. The molecular weight excluding hydrogens is 413 g/mol. The molecule has 32 heavy (non-hydrogen) atoms. The molecule has 1 unspecified atom stereocenters. The van der Waals surface area contributed by atoms with Crippen molar-refractivity contribution in [3.63, 3.8) is 0 Å². The lowest BCUT2D eigenvalue weighted by molar-refractivity contribution is -0.135. The molecule has 170 valence electrons. The fraction of sp³-hybridized carbons (Fsp3) is 0.417. The maximum absolute atomic E-state index is 14.0. The van der Waals surface area contributed by atoms with E-state index in [0.717, 1.165) is 13.1 Å². The summed E-state index contributed by atoms with van der Waals surface area (Å²) in [5.74, 6) is -0.143. The van der Waals surface area contributed by atoms with Crippen molar-refractivity contribution in [2.75, 3.05) is 59.0 Å². The van der Waals surface area contributed by atoms with E-state index in [1.807, 2.05) is 35.2 Å². The van der Waals surface area contributed by atoms with Crippen LogP contribution in [0.15, 0.2) is 54.6 Å². The number of amides is 2. The van der Waals surface area contributed by atoms with Crippen LogP contribution in [0, 0.1) is 5.82 Å². The lowest BCUT2D eigenvalue weighted by Gasteiger charge is -2.39. The summed E-state index contributed by atoms with van der Waals surface area (Å²) in [5, 5.41) is 0. The van der Waals surface area contributed by atoms with Crippen LogP contribution in [-0.4, -0.2) is 91.6 Å². The highest BCUT2D eigenvalue weighted by molar-refractivity contribution is 5.94. The van der Waals surface area contributed by atoms with Crippen molar-refractivity contribution >= 4 is 11.8 Å². The van der Waals surface area contributed by atoms with Crippen molar-refractivity contribution in [1.29, 1.82) is 0 Å². The fourth-order valence-electron chi connectivity index (χ4n) is 4.04. The normalized spacial score (nSPS) is 19.6. The molecule has 2 aromatic rings. The molecular formula is C24H28FN3O4. The molecule has 0 saturated carbocycles. The average Bonchev–Trinajstić information content (AvgIpc) is 2.84. The quantitative estimate of drug-likeness (QED) is 0.685. The molecule has 2 heterocycles. The molecule has 0 aliphatic carbocycles. The van der Waals surface area contributed by atoms with Crippen molar-refractivity contribution in [1.82, 2.24) is 14.7 Å². The number of para-hydroxylation sites is 1. The molecule has 1 atom stereocenters. The summed E-state index contributed by atoms with van der Waals surface area (Å²) in [7, 11) is 0. The van der Waals surface area contributed by atoms with Gasteiger partial charge in [-0.3, -0.25) is 14.5 Å². The molecule has 2 fully saturated rings. The van der Waals surface area contributed by atoms with Crippen molar-refractivity contribution in [2.24, 2.45) is 0 Å². The second kappa shape index (κ2) is 10.6. The van der Waals surface area contributed by atoms with Crippen LogP contribution in [0.2, 0.25) is 0 Å². The van der Waals surface area contributed by atoms with E-state index in [-0.39, 0.29) is 30.1 Å². The number of rotatable bonds is 6. The first kappa shape index (κ1) is 22.2. The zero-order valence-electron chi connectivity index (χ0n) is 18.0. The predicted octanol–water partition coefficient (Wildman–Crippen LogP) is 1.89. The topological polar surface area (TPSA) is 62.3 Å². The zero-order chi connectivity index (χ0) is 22.3. The monoisotopic (exact) mass is 441 g/mol. The van der Waals surface area contributed by atoms with E-state index in [0.29, 0.717) is 45.1 Å². The van der Waals surface area contributed by atoms with Gasteiger partial charge in [-0.25, -0.2) is 4.39 Å². The van der Waals surface area contributed by atoms with Gasteiger partial charge in [-0.1, -0.05) is 30.3 Å². The average molecular weight is 442 g/mol. The summed E-state index contributed by atoms with van der Waals surface area (Å²) in [5.41, 5.74) is 0.0954. The minimum atomic E-state index is -0.502. The molecule has 2 amide bonds. The van der Waals surface area contributed by atoms with Crippen LogP contribution in [-0.2, 0) is 9.53 Å². The Morgan fingerprint density at radius 3 is 2.41 bits per heavy atom. The van der Waals surface area contributed by atoms with Gasteiger partial charge in [0.25, 0.3) is 11.8 Å². The smallest absolute Gasteiger partial charge is 0.260 e. The minimum Gasteiger partial charge on any atom is -0.484 e. The van der Waals surface area contributed by atoms with Crippen LogP contribution in [0.25, 0.3) is 0 Å². The SMILES string of the molecule is O=C(COc1ccccc1)N1CCN(CC2CN(C(=O)c3ccccc3F)CCO2)CC1. The van der Waals surface area contributed by atoms with E-state index in [1.54, 1.807) is 17.0 Å². The van der Waals surface area contributed by atoms with Gasteiger partial charge in [0.1, 0.15) is 11.6 Å². The van der Waals surface area contributed by atoms with Gasteiger partial charge < -0.3 is 19.3 Å². The van der Waals surface area contributed by atoms with Crippen molar-refractivity contribution in [3.8, 4) is 5.75 Å². The third-order valence-electron chi connectivity index (χ3n) is 5.82. The first-order valence-corrected chi connectivity index (χ1v) is 10.9. The number of piperazine rings is 1. The Morgan fingerprint density at radius 1 is 0.938 bits per heavy atom. The Bertz CT molecular complexity index is 918. The van der Waals surface area contributed by atoms with Crippen molar-refractivity contribution in [2.45, 2.75) is 6.10 Å². The van der Waals surface area contributed by atoms with Gasteiger partial charge in [0.15, 0.2) is 6.61 Å². The third kappa shape index (κ3) is 5.63. The standard InChI is InChI=1S/C24H28FN3O4/c25-22-9-5-4-8-21(22)24(30)28-14-15-31-20(17-28)16-26-10-12-27(13-11-26)23(29)18-32-19-6-2-1-3-7-19/h1-9,20H,10-18H2. The maximum atomic E-state index is 14.0. The molecule has 7 nitrogen and oxygen atoms in total. The molecule has 0 spiro atoms. The summed E-state index contributed by atoms with van der Waals surface area (Å²) in [4.78, 5) is 30.8. The number of hydrogen-bond donors (Lipinski definition) is 0. The molecule has 2 aliphatic rings. The lowest BCUT2D eigenvalue weighted by Crippen LogP contribution is -2.54. The van der Waals surface area contributed by atoms with Crippen molar-refractivity contribution in [3.05, 3.63) is 66.0 Å². The summed E-state index contributed by atoms with van der Waals surface area (Å²) in [6.07, 6.45) is -0.136. The van der Waals surface area contributed by atoms with E-state index in [9.17, 15) is 14.0 Å². The number of benzene rings is 2. The first-order chi connectivity index (χ1) is 15.6. The lowest BCUT2D eigenvalue weighted by atomic mass is 10.1. The highest BCUT2D eigenvalue weighted by atomic mass is 19.1. The van der Waals surface area contributed by atoms with E-state index in [4.69, 9.17) is 9.47 Å². The third-order valence-corrected chi connectivity index (χ3v) is 5.82. The number of ether oxygens (including phenoxy) is 2. The Morgan fingerprint density at radius 2 is 1.66 bits per heavy atom. The Kier molecular flexibility index (Phi) is 7.34. The molecule has 2 saturated heterocycles. The maximum Gasteiger partial charge on any atom is 0.260 e. The molecule has 2 aliphatic heterocycles. The number of carbonyl (C=O) groups excluding carboxylic acids is 2. The summed E-state index contributed by atoms with van der Waals surface area (Å²) >= 11 is 0. The fourth-order valence-corrected chi connectivity index (χ4v) is 4.04. The van der Waals surface area contributed by atoms with Crippen LogP contribution in [0.1, 0.15) is 10.4 Å². The number of halogens is 1. The van der Waals surface area contributed by atoms with Gasteiger partial charge in [0.2, 0.25) is 0 Å². The molecule has 0 radical (unpaired) electrons. The van der Waals surface area contributed by atoms with Gasteiger partial charge in [-0.05, 0) is 24.3 Å². The van der Waals surface area contributed by atoms with Crippen molar-refractivity contribution < 1.29 is 23.5 Å². The zero-order valence-corrected chi connectivity index (χ0v) is 18.0. The molecule has 0 N–H and O–H groups in total. The molecule has 4 rings (SSSR count). The van der Waals surface area contributed by atoms with Crippen LogP contribution in [0.4, 0.5) is 4.39 Å². The van der Waals surface area contributed by atoms with Crippen LogP contribution >= 0.6 is 0 Å². The molecule has 2 aromatic carbocycles. The van der Waals surface area contributed by atoms with Gasteiger partial charge in [0, 0.05) is 45.8 Å². The second-order valence-corrected chi connectivity index (χ2v) is 8.01. The van der Waals surface area contributed by atoms with Crippen LogP contribution < -0.4 is 4.74 Å². The Labute approximate surface area is 187 Å². The van der Waals surface area contributed by atoms with E-state index in [2.05, 4.69) is 4.90 Å². The first-order valence-electron chi connectivity index (χ1n) is 10.9. The van der Waals surface area contributed by atoms with Crippen LogP contribution in [0.3, 0.4) is 0 Å². The van der Waals surface area contributed by atoms with Gasteiger partial charge >= 0.3 is 0 Å². The molecule has 8 heteroatoms. The summed E-state index contributed by atoms with van der Waals surface area (Å²) in [6, 6.07) is 15.4. The molecule has 0 aromatic heterocycles. The Balaban J connectivity index is 1.22. The van der Waals surface area contributed by atoms with Gasteiger partial charge in [-0.15, -0.1) is 0 Å². The summed E-state index contributed by atoms with van der Waals surface area (Å²) < 4.78 is 25.4. The number of nitrogens with zero attached hydrogens (tertiary/aromatic N) is 3. The number of hydrogen-bond acceptors (Lipinski definition) is 5. The van der Waals surface area contributed by atoms with Gasteiger partial charge in [-0.2, -0.15) is 0 Å². The highest BCUT2D eigenvalue weighted by Crippen LogP contribution is 2.15. The van der Waals surface area contributed by atoms with E-state index < -0.39 is 5.82 Å². The Hall–Kier alpha value is -2.97. The summed E-state index contributed by atoms with van der Waals surface area (Å²) in [6.45, 7) is 4.73. The van der Waals surface area contributed by atoms with Gasteiger partial charge in [0.05, 0.1) is 18.3 Å². The predicted molar refractivity (Wildman–Crippen MR) is 117 cm³/mol.